The summed E-state index contributed by atoms with van der Waals surface area (Å²) >= 11 is 5.39. The number of halogens is 1. The van der Waals surface area contributed by atoms with E-state index in [0.717, 1.165) is 11.3 Å². The third-order valence-electron chi connectivity index (χ3n) is 2.23. The minimum Gasteiger partial charge on any atom is -0.324 e. The standard InChI is InChI=1S/C11H9ClN2O/c1-14-9(7-13-11(14)10(12)15)8-5-3-2-4-6-8/h2-7H,1H3. The Kier molecular flexibility index (Phi) is 2.56. The van der Waals surface area contributed by atoms with Gasteiger partial charge in [-0.3, -0.25) is 4.79 Å². The highest BCUT2D eigenvalue weighted by molar-refractivity contribution is 6.67. The zero-order valence-electron chi connectivity index (χ0n) is 8.14. The summed E-state index contributed by atoms with van der Waals surface area (Å²) in [6, 6.07) is 9.72. The Bertz CT molecular complexity index is 491. The van der Waals surface area contributed by atoms with Crippen molar-refractivity contribution in [1.29, 1.82) is 0 Å². The fraction of sp³-hybridized carbons (Fsp3) is 0.0909. The minimum atomic E-state index is -0.542. The molecule has 0 spiro atoms. The van der Waals surface area contributed by atoms with Gasteiger partial charge in [0.25, 0.3) is 5.24 Å². The molecule has 0 aliphatic rings. The number of hydrogen-bond acceptors (Lipinski definition) is 2. The van der Waals surface area contributed by atoms with Gasteiger partial charge in [0.1, 0.15) is 0 Å². The highest BCUT2D eigenvalue weighted by Gasteiger charge is 2.12. The molecule has 0 saturated carbocycles. The quantitative estimate of drug-likeness (QED) is 0.729. The topological polar surface area (TPSA) is 34.9 Å². The third kappa shape index (κ3) is 1.78. The number of carbonyl (C=O) groups is 1. The molecule has 0 aliphatic carbocycles. The average molecular weight is 221 g/mol. The average Bonchev–Trinajstić information content (AvgIpc) is 2.61. The molecule has 0 fully saturated rings. The first-order valence-corrected chi connectivity index (χ1v) is 4.85. The Hall–Kier alpha value is -1.61. The van der Waals surface area contributed by atoms with Crippen molar-refractivity contribution in [3.63, 3.8) is 0 Å². The summed E-state index contributed by atoms with van der Waals surface area (Å²) in [7, 11) is 1.77. The van der Waals surface area contributed by atoms with E-state index in [1.807, 2.05) is 30.3 Å². The molecule has 0 atom stereocenters. The van der Waals surface area contributed by atoms with Gasteiger partial charge in [-0.1, -0.05) is 30.3 Å². The number of benzene rings is 1. The van der Waals surface area contributed by atoms with Gasteiger partial charge >= 0.3 is 0 Å². The Morgan fingerprint density at radius 1 is 1.33 bits per heavy atom. The zero-order chi connectivity index (χ0) is 10.8. The maximum atomic E-state index is 11.0. The molecule has 0 aliphatic heterocycles. The van der Waals surface area contributed by atoms with E-state index in [1.54, 1.807) is 17.8 Å². The van der Waals surface area contributed by atoms with Crippen LogP contribution in [0, 0.1) is 0 Å². The predicted molar refractivity (Wildman–Crippen MR) is 58.8 cm³/mol. The predicted octanol–water partition coefficient (Wildman–Crippen LogP) is 2.47. The van der Waals surface area contributed by atoms with Crippen molar-refractivity contribution in [2.45, 2.75) is 0 Å². The summed E-state index contributed by atoms with van der Waals surface area (Å²) in [5, 5.41) is -0.542. The molecule has 4 heteroatoms. The van der Waals surface area contributed by atoms with Crippen molar-refractivity contribution in [3.8, 4) is 11.3 Å². The van der Waals surface area contributed by atoms with E-state index in [9.17, 15) is 4.79 Å². The van der Waals surface area contributed by atoms with Crippen molar-refractivity contribution in [1.82, 2.24) is 9.55 Å². The third-order valence-corrected chi connectivity index (χ3v) is 2.40. The molecule has 0 N–H and O–H groups in total. The van der Waals surface area contributed by atoms with Gasteiger partial charge in [0.2, 0.25) is 0 Å². The molecule has 0 bridgehead atoms. The highest BCUT2D eigenvalue weighted by Crippen LogP contribution is 2.19. The van der Waals surface area contributed by atoms with E-state index in [1.165, 1.54) is 0 Å². The molecule has 0 unspecified atom stereocenters. The van der Waals surface area contributed by atoms with E-state index in [4.69, 9.17) is 11.6 Å². The minimum absolute atomic E-state index is 0.260. The van der Waals surface area contributed by atoms with Crippen molar-refractivity contribution >= 4 is 16.8 Å². The molecule has 1 aromatic heterocycles. The van der Waals surface area contributed by atoms with Crippen LogP contribution in [0.3, 0.4) is 0 Å². The van der Waals surface area contributed by atoms with E-state index < -0.39 is 5.24 Å². The van der Waals surface area contributed by atoms with Gasteiger partial charge in [0, 0.05) is 7.05 Å². The summed E-state index contributed by atoms with van der Waals surface area (Å²) in [6.07, 6.45) is 1.64. The van der Waals surface area contributed by atoms with Crippen LogP contribution in [0.15, 0.2) is 36.5 Å². The van der Waals surface area contributed by atoms with Crippen LogP contribution in [0.5, 0.6) is 0 Å². The molecule has 0 saturated heterocycles. The van der Waals surface area contributed by atoms with Crippen molar-refractivity contribution in [2.75, 3.05) is 0 Å². The van der Waals surface area contributed by atoms with Crippen molar-refractivity contribution in [2.24, 2.45) is 7.05 Å². The molecule has 1 aromatic carbocycles. The van der Waals surface area contributed by atoms with Crippen LogP contribution >= 0.6 is 11.6 Å². The Morgan fingerprint density at radius 3 is 2.53 bits per heavy atom. The van der Waals surface area contributed by atoms with Gasteiger partial charge in [0.15, 0.2) is 5.82 Å². The number of nitrogens with zero attached hydrogens (tertiary/aromatic N) is 2. The molecule has 3 nitrogen and oxygen atoms in total. The van der Waals surface area contributed by atoms with Gasteiger partial charge in [-0.2, -0.15) is 0 Å². The molecule has 2 aromatic rings. The summed E-state index contributed by atoms with van der Waals surface area (Å²) < 4.78 is 1.69. The molecule has 76 valence electrons. The van der Waals surface area contributed by atoms with Crippen LogP contribution in [0.25, 0.3) is 11.3 Å². The number of rotatable bonds is 2. The molecule has 1 heterocycles. The van der Waals surface area contributed by atoms with Crippen LogP contribution in [0.2, 0.25) is 0 Å². The lowest BCUT2D eigenvalue weighted by atomic mass is 10.2. The van der Waals surface area contributed by atoms with Crippen LogP contribution < -0.4 is 0 Å². The van der Waals surface area contributed by atoms with Gasteiger partial charge < -0.3 is 4.57 Å². The molecular weight excluding hydrogens is 212 g/mol. The first-order chi connectivity index (χ1) is 7.20. The number of hydrogen-bond donors (Lipinski definition) is 0. The lowest BCUT2D eigenvalue weighted by molar-refractivity contribution is 0.107. The zero-order valence-corrected chi connectivity index (χ0v) is 8.90. The lowest BCUT2D eigenvalue weighted by Gasteiger charge is -2.02. The Labute approximate surface area is 92.3 Å². The summed E-state index contributed by atoms with van der Waals surface area (Å²) in [5.41, 5.74) is 1.89. The molecule has 0 radical (unpaired) electrons. The van der Waals surface area contributed by atoms with Crippen LogP contribution in [0.4, 0.5) is 0 Å². The largest absolute Gasteiger partial charge is 0.324 e. The second-order valence-corrected chi connectivity index (χ2v) is 3.51. The molecule has 0 amide bonds. The normalized spacial score (nSPS) is 10.3. The number of carbonyl (C=O) groups excluding carboxylic acids is 1. The second-order valence-electron chi connectivity index (χ2n) is 3.17. The number of aromatic nitrogens is 2. The summed E-state index contributed by atoms with van der Waals surface area (Å²) in [5.74, 6) is 0.260. The molecule has 15 heavy (non-hydrogen) atoms. The Morgan fingerprint density at radius 2 is 2.00 bits per heavy atom. The van der Waals surface area contributed by atoms with Crippen LogP contribution in [-0.4, -0.2) is 14.8 Å². The smallest absolute Gasteiger partial charge is 0.288 e. The fourth-order valence-electron chi connectivity index (χ4n) is 1.47. The van der Waals surface area contributed by atoms with Crippen LogP contribution in [-0.2, 0) is 7.05 Å². The van der Waals surface area contributed by atoms with Gasteiger partial charge in [-0.25, -0.2) is 4.98 Å². The van der Waals surface area contributed by atoms with Crippen molar-refractivity contribution < 1.29 is 4.79 Å². The molecular formula is C11H9ClN2O. The maximum Gasteiger partial charge on any atom is 0.288 e. The first-order valence-electron chi connectivity index (χ1n) is 4.47. The van der Waals surface area contributed by atoms with Gasteiger partial charge in [-0.15, -0.1) is 0 Å². The van der Waals surface area contributed by atoms with Gasteiger partial charge in [0.05, 0.1) is 11.9 Å². The fourth-order valence-corrected chi connectivity index (χ4v) is 1.64. The van der Waals surface area contributed by atoms with Crippen molar-refractivity contribution in [3.05, 3.63) is 42.4 Å². The van der Waals surface area contributed by atoms with E-state index in [-0.39, 0.29) is 5.82 Å². The Balaban J connectivity index is 2.52. The first kappa shape index (κ1) is 9.93. The highest BCUT2D eigenvalue weighted by atomic mass is 35.5. The lowest BCUT2D eigenvalue weighted by Crippen LogP contribution is -2.02. The van der Waals surface area contributed by atoms with E-state index >= 15 is 0 Å². The van der Waals surface area contributed by atoms with E-state index in [2.05, 4.69) is 4.98 Å². The van der Waals surface area contributed by atoms with Crippen LogP contribution in [0.1, 0.15) is 10.6 Å². The molecule has 2 rings (SSSR count). The monoisotopic (exact) mass is 220 g/mol. The summed E-state index contributed by atoms with van der Waals surface area (Å²) in [6.45, 7) is 0. The maximum absolute atomic E-state index is 11.0. The van der Waals surface area contributed by atoms with E-state index in [0.29, 0.717) is 0 Å². The number of imidazole rings is 1. The summed E-state index contributed by atoms with van der Waals surface area (Å²) in [4.78, 5) is 15.0. The second kappa shape index (κ2) is 3.87. The SMILES string of the molecule is Cn1c(-c2ccccc2)cnc1C(=O)Cl. The van der Waals surface area contributed by atoms with Gasteiger partial charge in [-0.05, 0) is 17.2 Å².